The van der Waals surface area contributed by atoms with E-state index in [1.54, 1.807) is 0 Å². The molecule has 1 aromatic carbocycles. The van der Waals surface area contributed by atoms with Crippen LogP contribution >= 0.6 is 0 Å². The van der Waals surface area contributed by atoms with E-state index in [2.05, 4.69) is 9.97 Å². The predicted molar refractivity (Wildman–Crippen MR) is 82.7 cm³/mol. The summed E-state index contributed by atoms with van der Waals surface area (Å²) in [6.07, 6.45) is -0.181. The number of rotatable bonds is 5. The number of benzene rings is 1. The van der Waals surface area contributed by atoms with E-state index in [-0.39, 0.29) is 0 Å². The van der Waals surface area contributed by atoms with Crippen molar-refractivity contribution in [3.05, 3.63) is 53.0 Å². The maximum absolute atomic E-state index is 12.1. The summed E-state index contributed by atoms with van der Waals surface area (Å²) in [5.41, 5.74) is 3.09. The highest BCUT2D eigenvalue weighted by molar-refractivity contribution is 5.76. The Bertz CT molecular complexity index is 656. The molecule has 0 aliphatic rings. The van der Waals surface area contributed by atoms with Gasteiger partial charge in [-0.25, -0.2) is 9.78 Å². The van der Waals surface area contributed by atoms with E-state index < -0.39 is 12.1 Å². The number of aryl methyl sites for hydroxylation is 3. The van der Waals surface area contributed by atoms with Gasteiger partial charge >= 0.3 is 5.97 Å². The number of hydrogen-bond donors (Lipinski definition) is 0. The molecular formula is C17H20N2O3. The lowest BCUT2D eigenvalue weighted by Gasteiger charge is -2.18. The fourth-order valence-corrected chi connectivity index (χ4v) is 2.05. The normalized spacial score (nSPS) is 11.8. The van der Waals surface area contributed by atoms with Gasteiger partial charge in [-0.3, -0.25) is 4.98 Å². The molecule has 0 radical (unpaired) electrons. The second-order valence-electron chi connectivity index (χ2n) is 4.93. The third-order valence-electron chi connectivity index (χ3n) is 3.42. The Kier molecular flexibility index (Phi) is 5.09. The first kappa shape index (κ1) is 15.9. The van der Waals surface area contributed by atoms with Gasteiger partial charge in [0.2, 0.25) is 12.0 Å². The van der Waals surface area contributed by atoms with Crippen LogP contribution in [0.4, 0.5) is 0 Å². The Morgan fingerprint density at radius 3 is 2.36 bits per heavy atom. The van der Waals surface area contributed by atoms with E-state index in [9.17, 15) is 4.79 Å². The van der Waals surface area contributed by atoms with Gasteiger partial charge in [0.25, 0.3) is 0 Å². The monoisotopic (exact) mass is 300 g/mol. The zero-order valence-corrected chi connectivity index (χ0v) is 13.3. The summed E-state index contributed by atoms with van der Waals surface area (Å²) >= 11 is 0. The van der Waals surface area contributed by atoms with Crippen molar-refractivity contribution < 1.29 is 14.3 Å². The van der Waals surface area contributed by atoms with Crippen molar-refractivity contribution in [2.75, 3.05) is 7.11 Å². The fourth-order valence-electron chi connectivity index (χ4n) is 2.05. The van der Waals surface area contributed by atoms with Crippen LogP contribution in [0, 0.1) is 13.8 Å². The molecule has 22 heavy (non-hydrogen) atoms. The number of carbonyl (C=O) groups excluding carboxylic acids is 1. The van der Waals surface area contributed by atoms with Gasteiger partial charge in [0.05, 0.1) is 18.5 Å². The van der Waals surface area contributed by atoms with Gasteiger partial charge in [-0.2, -0.15) is 0 Å². The first-order chi connectivity index (χ1) is 10.6. The molecule has 0 bridgehead atoms. The maximum Gasteiger partial charge on any atom is 0.351 e. The van der Waals surface area contributed by atoms with E-state index in [1.807, 2.05) is 51.1 Å². The lowest BCUT2D eigenvalue weighted by atomic mass is 10.1. The molecule has 1 aromatic heterocycles. The van der Waals surface area contributed by atoms with Crippen molar-refractivity contribution in [1.82, 2.24) is 9.97 Å². The molecule has 0 aliphatic carbocycles. The third-order valence-corrected chi connectivity index (χ3v) is 3.42. The molecule has 0 saturated carbocycles. The average Bonchev–Trinajstić information content (AvgIpc) is 2.55. The van der Waals surface area contributed by atoms with Crippen molar-refractivity contribution in [2.45, 2.75) is 33.3 Å². The molecule has 1 atom stereocenters. The molecule has 116 valence electrons. The van der Waals surface area contributed by atoms with E-state index in [0.717, 1.165) is 22.6 Å². The van der Waals surface area contributed by atoms with Crippen LogP contribution in [-0.2, 0) is 16.0 Å². The van der Waals surface area contributed by atoms with Crippen LogP contribution in [0.2, 0.25) is 0 Å². The summed E-state index contributed by atoms with van der Waals surface area (Å²) in [6.45, 7) is 5.74. The molecule has 0 amide bonds. The highest BCUT2D eigenvalue weighted by Gasteiger charge is 2.25. The molecule has 0 spiro atoms. The number of carbonyl (C=O) groups is 1. The van der Waals surface area contributed by atoms with Crippen molar-refractivity contribution in [3.63, 3.8) is 0 Å². The second kappa shape index (κ2) is 7.02. The van der Waals surface area contributed by atoms with Crippen LogP contribution in [0.1, 0.15) is 35.7 Å². The predicted octanol–water partition coefficient (Wildman–Crippen LogP) is 2.95. The molecule has 5 heteroatoms. The molecule has 2 aromatic rings. The van der Waals surface area contributed by atoms with Gasteiger partial charge in [-0.15, -0.1) is 0 Å². The van der Waals surface area contributed by atoms with Gasteiger partial charge in [0.1, 0.15) is 5.69 Å². The first-order valence-corrected chi connectivity index (χ1v) is 7.20. The number of ether oxygens (including phenoxy) is 2. The van der Waals surface area contributed by atoms with Crippen molar-refractivity contribution in [1.29, 1.82) is 0 Å². The molecular weight excluding hydrogens is 280 g/mol. The number of aromatic nitrogens is 2. The smallest absolute Gasteiger partial charge is 0.351 e. The number of hydrogen-bond acceptors (Lipinski definition) is 5. The summed E-state index contributed by atoms with van der Waals surface area (Å²) in [5, 5.41) is 0. The minimum Gasteiger partial charge on any atom is -0.466 e. The van der Waals surface area contributed by atoms with Crippen LogP contribution in [0.15, 0.2) is 30.3 Å². The SMILES string of the molecule is CCc1nc(C)c(C)nc1OC(C(=O)OC)c1ccccc1. The van der Waals surface area contributed by atoms with Crippen LogP contribution < -0.4 is 4.74 Å². The topological polar surface area (TPSA) is 61.3 Å². The van der Waals surface area contributed by atoms with Gasteiger partial charge in [0, 0.05) is 5.56 Å². The lowest BCUT2D eigenvalue weighted by molar-refractivity contribution is -0.149. The van der Waals surface area contributed by atoms with Crippen LogP contribution in [0.3, 0.4) is 0 Å². The largest absolute Gasteiger partial charge is 0.466 e. The van der Waals surface area contributed by atoms with Crippen molar-refractivity contribution >= 4 is 5.97 Å². The Labute approximate surface area is 130 Å². The average molecular weight is 300 g/mol. The van der Waals surface area contributed by atoms with Gasteiger partial charge in [0.15, 0.2) is 0 Å². The Morgan fingerprint density at radius 2 is 1.77 bits per heavy atom. The Hall–Kier alpha value is -2.43. The van der Waals surface area contributed by atoms with E-state index in [4.69, 9.17) is 9.47 Å². The maximum atomic E-state index is 12.1. The molecule has 5 nitrogen and oxygen atoms in total. The highest BCUT2D eigenvalue weighted by atomic mass is 16.6. The number of nitrogens with zero attached hydrogens (tertiary/aromatic N) is 2. The van der Waals surface area contributed by atoms with Crippen molar-refractivity contribution in [3.8, 4) is 5.88 Å². The lowest BCUT2D eigenvalue weighted by Crippen LogP contribution is -2.21. The van der Waals surface area contributed by atoms with Crippen LogP contribution in [0.5, 0.6) is 5.88 Å². The highest BCUT2D eigenvalue weighted by Crippen LogP contribution is 2.25. The van der Waals surface area contributed by atoms with Crippen molar-refractivity contribution in [2.24, 2.45) is 0 Å². The van der Waals surface area contributed by atoms with Gasteiger partial charge in [-0.1, -0.05) is 37.3 Å². The standard InChI is InChI=1S/C17H20N2O3/c1-5-14-16(19-12(3)11(2)18-14)22-15(17(20)21-4)13-9-7-6-8-10-13/h6-10,15H,5H2,1-4H3. The third kappa shape index (κ3) is 3.42. The van der Waals surface area contributed by atoms with E-state index in [1.165, 1.54) is 7.11 Å². The van der Waals surface area contributed by atoms with Crippen LogP contribution in [-0.4, -0.2) is 23.0 Å². The Morgan fingerprint density at radius 1 is 1.14 bits per heavy atom. The molecule has 0 fully saturated rings. The fraction of sp³-hybridized carbons (Fsp3) is 0.353. The summed E-state index contributed by atoms with van der Waals surface area (Å²) in [6, 6.07) is 9.22. The van der Waals surface area contributed by atoms with Crippen LogP contribution in [0.25, 0.3) is 0 Å². The molecule has 2 rings (SSSR count). The minimum atomic E-state index is -0.854. The number of methoxy groups -OCH3 is 1. The first-order valence-electron chi connectivity index (χ1n) is 7.20. The molecule has 0 saturated heterocycles. The molecule has 1 unspecified atom stereocenters. The van der Waals surface area contributed by atoms with E-state index >= 15 is 0 Å². The summed E-state index contributed by atoms with van der Waals surface area (Å²) in [5.74, 6) is -0.0851. The van der Waals surface area contributed by atoms with Gasteiger partial charge in [-0.05, 0) is 20.3 Å². The minimum absolute atomic E-state index is 0.379. The van der Waals surface area contributed by atoms with E-state index in [0.29, 0.717) is 12.3 Å². The summed E-state index contributed by atoms with van der Waals surface area (Å²) < 4.78 is 10.7. The Balaban J connectivity index is 2.40. The summed E-state index contributed by atoms with van der Waals surface area (Å²) in [4.78, 5) is 21.0. The van der Waals surface area contributed by atoms with Gasteiger partial charge < -0.3 is 9.47 Å². The summed E-state index contributed by atoms with van der Waals surface area (Å²) in [7, 11) is 1.34. The second-order valence-corrected chi connectivity index (χ2v) is 4.93. The molecule has 1 heterocycles. The quantitative estimate of drug-likeness (QED) is 0.794. The molecule has 0 aliphatic heterocycles. The number of esters is 1. The molecule has 0 N–H and O–H groups in total. The zero-order chi connectivity index (χ0) is 16.1. The zero-order valence-electron chi connectivity index (χ0n) is 13.3.